The highest BCUT2D eigenvalue weighted by atomic mass is 16.5. The van der Waals surface area contributed by atoms with Crippen LogP contribution in [-0.2, 0) is 18.5 Å². The van der Waals surface area contributed by atoms with E-state index in [1.165, 1.54) is 0 Å². The molecule has 2 aromatic rings. The van der Waals surface area contributed by atoms with Crippen molar-refractivity contribution in [2.24, 2.45) is 0 Å². The van der Waals surface area contributed by atoms with E-state index < -0.39 is 0 Å². The largest absolute Gasteiger partial charge is 0.497 e. The number of benzene rings is 1. The van der Waals surface area contributed by atoms with Gasteiger partial charge in [-0.2, -0.15) is 4.98 Å². The van der Waals surface area contributed by atoms with Gasteiger partial charge in [0.2, 0.25) is 5.89 Å². The van der Waals surface area contributed by atoms with Gasteiger partial charge >= 0.3 is 0 Å². The molecule has 0 radical (unpaired) electrons. The van der Waals surface area contributed by atoms with Gasteiger partial charge in [-0.15, -0.1) is 0 Å². The maximum Gasteiger partial charge on any atom is 0.232 e. The number of methoxy groups -OCH3 is 2. The van der Waals surface area contributed by atoms with Crippen molar-refractivity contribution in [2.45, 2.75) is 39.3 Å². The molecule has 0 atom stereocenters. The van der Waals surface area contributed by atoms with Crippen LogP contribution in [0.1, 0.15) is 38.0 Å². The molecule has 0 amide bonds. The Morgan fingerprint density at radius 2 is 1.87 bits per heavy atom. The second-order valence-electron chi connectivity index (χ2n) is 6.62. The zero-order valence-corrected chi connectivity index (χ0v) is 14.7. The van der Waals surface area contributed by atoms with Crippen molar-refractivity contribution in [1.29, 1.82) is 0 Å². The molecule has 1 aromatic carbocycles. The van der Waals surface area contributed by atoms with Crippen LogP contribution in [0.3, 0.4) is 0 Å². The van der Waals surface area contributed by atoms with Crippen LogP contribution in [0.5, 0.6) is 11.5 Å². The number of ether oxygens (including phenoxy) is 2. The molecule has 0 aliphatic heterocycles. The number of rotatable bonds is 6. The smallest absolute Gasteiger partial charge is 0.232 e. The van der Waals surface area contributed by atoms with E-state index in [4.69, 9.17) is 14.0 Å². The lowest BCUT2D eigenvalue weighted by atomic mass is 9.97. The van der Waals surface area contributed by atoms with Gasteiger partial charge in [-0.25, -0.2) is 0 Å². The molecule has 0 bridgehead atoms. The topological polar surface area (TPSA) is 60.6 Å². The van der Waals surface area contributed by atoms with E-state index in [0.717, 1.165) is 17.1 Å². The second-order valence-corrected chi connectivity index (χ2v) is 6.62. The Morgan fingerprint density at radius 1 is 1.13 bits per heavy atom. The summed E-state index contributed by atoms with van der Waals surface area (Å²) in [5.41, 5.74) is 0.943. The van der Waals surface area contributed by atoms with E-state index in [2.05, 4.69) is 35.8 Å². The zero-order chi connectivity index (χ0) is 17.0. The molecule has 6 nitrogen and oxygen atoms in total. The van der Waals surface area contributed by atoms with Crippen molar-refractivity contribution in [3.8, 4) is 11.5 Å². The highest BCUT2D eigenvalue weighted by molar-refractivity contribution is 5.40. The molecule has 1 aromatic heterocycles. The molecule has 0 aliphatic carbocycles. The molecule has 0 saturated heterocycles. The van der Waals surface area contributed by atoms with Crippen molar-refractivity contribution in [3.05, 3.63) is 35.5 Å². The molecule has 0 unspecified atom stereocenters. The second kappa shape index (κ2) is 7.00. The van der Waals surface area contributed by atoms with Crippen LogP contribution < -0.4 is 9.47 Å². The summed E-state index contributed by atoms with van der Waals surface area (Å²) >= 11 is 0. The molecule has 2 rings (SSSR count). The lowest BCUT2D eigenvalue weighted by molar-refractivity contribution is 0.287. The monoisotopic (exact) mass is 319 g/mol. The number of hydrogen-bond donors (Lipinski definition) is 0. The van der Waals surface area contributed by atoms with Gasteiger partial charge in [0.1, 0.15) is 11.5 Å². The van der Waals surface area contributed by atoms with Crippen molar-refractivity contribution in [1.82, 2.24) is 15.0 Å². The molecule has 0 aliphatic rings. The van der Waals surface area contributed by atoms with E-state index in [1.807, 2.05) is 25.2 Å². The third kappa shape index (κ3) is 4.45. The van der Waals surface area contributed by atoms with Crippen LogP contribution in [0.2, 0.25) is 0 Å². The average Bonchev–Trinajstić information content (AvgIpc) is 2.96. The Balaban J connectivity index is 2.05. The number of aromatic nitrogens is 2. The molecule has 23 heavy (non-hydrogen) atoms. The first-order valence-corrected chi connectivity index (χ1v) is 7.56. The lowest BCUT2D eigenvalue weighted by Gasteiger charge is -2.17. The van der Waals surface area contributed by atoms with Crippen LogP contribution >= 0.6 is 0 Å². The minimum atomic E-state index is -0.136. The maximum atomic E-state index is 5.43. The van der Waals surface area contributed by atoms with E-state index in [0.29, 0.717) is 24.8 Å². The molecular weight excluding hydrogens is 294 g/mol. The Labute approximate surface area is 137 Å². The summed E-state index contributed by atoms with van der Waals surface area (Å²) in [6.45, 7) is 7.48. The van der Waals surface area contributed by atoms with E-state index >= 15 is 0 Å². The van der Waals surface area contributed by atoms with Crippen LogP contribution in [0, 0.1) is 0 Å². The van der Waals surface area contributed by atoms with Crippen molar-refractivity contribution < 1.29 is 14.0 Å². The van der Waals surface area contributed by atoms with Gasteiger partial charge in [0.25, 0.3) is 0 Å². The lowest BCUT2D eigenvalue weighted by Crippen LogP contribution is -2.19. The van der Waals surface area contributed by atoms with Crippen molar-refractivity contribution >= 4 is 0 Å². The first kappa shape index (κ1) is 17.3. The fourth-order valence-corrected chi connectivity index (χ4v) is 2.19. The van der Waals surface area contributed by atoms with Gasteiger partial charge in [-0.1, -0.05) is 32.0 Å². The molecular formula is C17H25N3O3. The molecule has 0 spiro atoms. The minimum absolute atomic E-state index is 0.136. The average molecular weight is 319 g/mol. The highest BCUT2D eigenvalue weighted by Crippen LogP contribution is 2.26. The Morgan fingerprint density at radius 3 is 2.43 bits per heavy atom. The molecule has 0 N–H and O–H groups in total. The van der Waals surface area contributed by atoms with Crippen LogP contribution in [-0.4, -0.2) is 36.3 Å². The Kier molecular flexibility index (Phi) is 5.26. The van der Waals surface area contributed by atoms with Gasteiger partial charge in [0, 0.05) is 23.6 Å². The highest BCUT2D eigenvalue weighted by Gasteiger charge is 2.22. The molecule has 126 valence electrons. The normalized spacial score (nSPS) is 11.8. The van der Waals surface area contributed by atoms with Gasteiger partial charge in [0.15, 0.2) is 5.82 Å². The van der Waals surface area contributed by atoms with E-state index in [1.54, 1.807) is 14.2 Å². The van der Waals surface area contributed by atoms with Gasteiger partial charge in [-0.3, -0.25) is 4.90 Å². The summed E-state index contributed by atoms with van der Waals surface area (Å²) in [6, 6.07) is 5.82. The fourth-order valence-electron chi connectivity index (χ4n) is 2.19. The Hall–Kier alpha value is -2.08. The summed E-state index contributed by atoms with van der Waals surface area (Å²) in [7, 11) is 5.31. The first-order chi connectivity index (χ1) is 10.8. The number of hydrogen-bond acceptors (Lipinski definition) is 6. The van der Waals surface area contributed by atoms with Crippen LogP contribution in [0.4, 0.5) is 0 Å². The van der Waals surface area contributed by atoms with E-state index in [9.17, 15) is 0 Å². The molecule has 6 heteroatoms. The SMILES string of the molecule is COc1ccc(CN(C)Cc2noc(C(C)(C)C)n2)c(OC)c1. The molecule has 1 heterocycles. The number of nitrogens with zero attached hydrogens (tertiary/aromatic N) is 3. The van der Waals surface area contributed by atoms with Gasteiger partial charge in [-0.05, 0) is 13.1 Å². The molecule has 0 saturated carbocycles. The predicted octanol–water partition coefficient (Wildman–Crippen LogP) is 3.02. The minimum Gasteiger partial charge on any atom is -0.497 e. The standard InChI is InChI=1S/C17H25N3O3/c1-17(2,3)16-18-15(19-23-16)11-20(4)10-12-7-8-13(21-5)9-14(12)22-6/h7-9H,10-11H2,1-6H3. The summed E-state index contributed by atoms with van der Waals surface area (Å²) in [5.74, 6) is 2.92. The van der Waals surface area contributed by atoms with Crippen molar-refractivity contribution in [3.63, 3.8) is 0 Å². The summed E-state index contributed by atoms with van der Waals surface area (Å²) in [4.78, 5) is 6.58. The fraction of sp³-hybridized carbons (Fsp3) is 0.529. The van der Waals surface area contributed by atoms with Crippen LogP contribution in [0.15, 0.2) is 22.7 Å². The third-order valence-electron chi connectivity index (χ3n) is 3.46. The first-order valence-electron chi connectivity index (χ1n) is 7.56. The molecule has 0 fully saturated rings. The third-order valence-corrected chi connectivity index (χ3v) is 3.46. The summed E-state index contributed by atoms with van der Waals surface area (Å²) in [6.07, 6.45) is 0. The van der Waals surface area contributed by atoms with Gasteiger partial charge < -0.3 is 14.0 Å². The van der Waals surface area contributed by atoms with Crippen LogP contribution in [0.25, 0.3) is 0 Å². The zero-order valence-electron chi connectivity index (χ0n) is 14.7. The summed E-state index contributed by atoms with van der Waals surface area (Å²) < 4.78 is 16.0. The van der Waals surface area contributed by atoms with Gasteiger partial charge in [0.05, 0.1) is 20.8 Å². The summed E-state index contributed by atoms with van der Waals surface area (Å²) in [5, 5.41) is 4.06. The Bertz CT molecular complexity index is 647. The quantitative estimate of drug-likeness (QED) is 0.815. The van der Waals surface area contributed by atoms with E-state index in [-0.39, 0.29) is 5.41 Å². The predicted molar refractivity (Wildman–Crippen MR) is 87.7 cm³/mol. The van der Waals surface area contributed by atoms with Crippen molar-refractivity contribution in [2.75, 3.05) is 21.3 Å². The maximum absolute atomic E-state index is 5.43.